The van der Waals surface area contributed by atoms with E-state index in [1.807, 2.05) is 43.3 Å². The lowest BCUT2D eigenvalue weighted by Crippen LogP contribution is -2.12. The van der Waals surface area contributed by atoms with Crippen molar-refractivity contribution < 1.29 is 4.79 Å². The van der Waals surface area contributed by atoms with Gasteiger partial charge in [0.2, 0.25) is 5.56 Å². The van der Waals surface area contributed by atoms with Crippen molar-refractivity contribution in [2.75, 3.05) is 5.32 Å². The van der Waals surface area contributed by atoms with E-state index >= 15 is 0 Å². The maximum atomic E-state index is 12.4. The zero-order valence-corrected chi connectivity index (χ0v) is 13.8. The number of aryl methyl sites for hydroxylation is 2. The summed E-state index contributed by atoms with van der Waals surface area (Å²) < 4.78 is 0. The van der Waals surface area contributed by atoms with Crippen LogP contribution >= 0.6 is 0 Å². The van der Waals surface area contributed by atoms with Gasteiger partial charge in [0.1, 0.15) is 0 Å². The first kappa shape index (κ1) is 16.0. The van der Waals surface area contributed by atoms with Gasteiger partial charge in [-0.15, -0.1) is 0 Å². The van der Waals surface area contributed by atoms with Crippen LogP contribution in [0.4, 0.5) is 5.69 Å². The summed E-state index contributed by atoms with van der Waals surface area (Å²) in [5.41, 5.74) is 3.98. The highest BCUT2D eigenvalue weighted by molar-refractivity contribution is 6.05. The van der Waals surface area contributed by atoms with Gasteiger partial charge in [0, 0.05) is 22.7 Å². The van der Waals surface area contributed by atoms with E-state index in [-0.39, 0.29) is 11.5 Å². The van der Waals surface area contributed by atoms with E-state index in [2.05, 4.69) is 17.2 Å². The smallest absolute Gasteiger partial charge is 0.255 e. The first-order valence-electron chi connectivity index (χ1n) is 8.11. The van der Waals surface area contributed by atoms with Crippen LogP contribution in [0.5, 0.6) is 0 Å². The highest BCUT2D eigenvalue weighted by Gasteiger charge is 2.08. The van der Waals surface area contributed by atoms with Gasteiger partial charge in [0.15, 0.2) is 0 Å². The fourth-order valence-corrected chi connectivity index (χ4v) is 2.88. The molecular formula is C20H20N2O2. The fourth-order valence-electron chi connectivity index (χ4n) is 2.88. The van der Waals surface area contributed by atoms with Crippen LogP contribution in [-0.4, -0.2) is 10.9 Å². The van der Waals surface area contributed by atoms with Crippen molar-refractivity contribution in [1.29, 1.82) is 0 Å². The number of carbonyl (C=O) groups is 1. The van der Waals surface area contributed by atoms with Crippen molar-refractivity contribution in [2.24, 2.45) is 0 Å². The van der Waals surface area contributed by atoms with Gasteiger partial charge in [-0.3, -0.25) is 9.59 Å². The number of anilines is 1. The predicted octanol–water partition coefficient (Wildman–Crippen LogP) is 4.04. The number of carbonyl (C=O) groups excluding carboxylic acids is 1. The maximum absolute atomic E-state index is 12.4. The number of amides is 1. The van der Waals surface area contributed by atoms with E-state index in [9.17, 15) is 9.59 Å². The van der Waals surface area contributed by atoms with Crippen molar-refractivity contribution in [2.45, 2.75) is 26.7 Å². The van der Waals surface area contributed by atoms with Gasteiger partial charge >= 0.3 is 0 Å². The molecule has 2 N–H and O–H groups in total. The minimum absolute atomic E-state index is 0.117. The molecule has 0 saturated carbocycles. The summed E-state index contributed by atoms with van der Waals surface area (Å²) in [7, 11) is 0. The van der Waals surface area contributed by atoms with Gasteiger partial charge in [-0.1, -0.05) is 37.1 Å². The van der Waals surface area contributed by atoms with E-state index in [0.717, 1.165) is 34.9 Å². The quantitative estimate of drug-likeness (QED) is 0.762. The summed E-state index contributed by atoms with van der Waals surface area (Å²) in [5, 5.41) is 3.91. The lowest BCUT2D eigenvalue weighted by Gasteiger charge is -2.09. The third-order valence-corrected chi connectivity index (χ3v) is 3.99. The molecule has 1 amide bonds. The highest BCUT2D eigenvalue weighted by atomic mass is 16.1. The van der Waals surface area contributed by atoms with E-state index in [1.165, 1.54) is 0 Å². The molecule has 0 unspecified atom stereocenters. The summed E-state index contributed by atoms with van der Waals surface area (Å²) in [6.07, 6.45) is 1.83. The molecule has 2 aromatic carbocycles. The minimum Gasteiger partial charge on any atom is -0.322 e. The second-order valence-corrected chi connectivity index (χ2v) is 5.99. The summed E-state index contributed by atoms with van der Waals surface area (Å²) in [6, 6.07) is 14.7. The molecule has 0 aliphatic heterocycles. The standard InChI is InChI=1S/C20H20N2O2/c1-3-5-14-11-19(23)22-18-12-16(8-9-17(14)18)21-20(24)15-7-4-6-13(2)10-15/h4,6-12H,3,5H2,1-2H3,(H,21,24)(H,22,23). The Labute approximate surface area is 140 Å². The Morgan fingerprint density at radius 1 is 1.12 bits per heavy atom. The number of benzene rings is 2. The topological polar surface area (TPSA) is 62.0 Å². The molecular weight excluding hydrogens is 300 g/mol. The average Bonchev–Trinajstić information content (AvgIpc) is 2.54. The Morgan fingerprint density at radius 3 is 2.71 bits per heavy atom. The summed E-state index contributed by atoms with van der Waals surface area (Å²) in [6.45, 7) is 4.04. The van der Waals surface area contributed by atoms with Gasteiger partial charge in [-0.2, -0.15) is 0 Å². The van der Waals surface area contributed by atoms with Gasteiger partial charge in [-0.25, -0.2) is 0 Å². The largest absolute Gasteiger partial charge is 0.322 e. The van der Waals surface area contributed by atoms with Crippen LogP contribution in [0.2, 0.25) is 0 Å². The fraction of sp³-hybridized carbons (Fsp3) is 0.200. The molecule has 3 aromatic rings. The maximum Gasteiger partial charge on any atom is 0.255 e. The molecule has 122 valence electrons. The minimum atomic E-state index is -0.162. The van der Waals surface area contributed by atoms with Crippen molar-refractivity contribution in [3.8, 4) is 0 Å². The zero-order chi connectivity index (χ0) is 17.1. The first-order valence-corrected chi connectivity index (χ1v) is 8.11. The lowest BCUT2D eigenvalue weighted by molar-refractivity contribution is 0.102. The van der Waals surface area contributed by atoms with E-state index < -0.39 is 0 Å². The highest BCUT2D eigenvalue weighted by Crippen LogP contribution is 2.21. The Bertz CT molecular complexity index is 957. The molecule has 1 aromatic heterocycles. The van der Waals surface area contributed by atoms with Crippen molar-refractivity contribution in [3.63, 3.8) is 0 Å². The van der Waals surface area contributed by atoms with Gasteiger partial charge in [0.25, 0.3) is 5.91 Å². The Kier molecular flexibility index (Phi) is 4.47. The molecule has 0 radical (unpaired) electrons. The molecule has 0 aliphatic rings. The number of H-pyrrole nitrogens is 1. The molecule has 4 heteroatoms. The molecule has 24 heavy (non-hydrogen) atoms. The number of pyridine rings is 1. The Morgan fingerprint density at radius 2 is 1.96 bits per heavy atom. The number of fused-ring (bicyclic) bond motifs is 1. The molecule has 0 fully saturated rings. The monoisotopic (exact) mass is 320 g/mol. The number of rotatable bonds is 4. The van der Waals surface area contributed by atoms with Crippen molar-refractivity contribution in [1.82, 2.24) is 4.98 Å². The second kappa shape index (κ2) is 6.71. The molecule has 1 heterocycles. The van der Waals surface area contributed by atoms with Crippen molar-refractivity contribution >= 4 is 22.5 Å². The van der Waals surface area contributed by atoms with Crippen LogP contribution in [0, 0.1) is 6.92 Å². The molecule has 4 nitrogen and oxygen atoms in total. The predicted molar refractivity (Wildman–Crippen MR) is 97.7 cm³/mol. The Balaban J connectivity index is 1.93. The number of aromatic amines is 1. The zero-order valence-electron chi connectivity index (χ0n) is 13.8. The van der Waals surface area contributed by atoms with Gasteiger partial charge in [0.05, 0.1) is 5.52 Å². The number of nitrogens with one attached hydrogen (secondary N) is 2. The molecule has 3 rings (SSSR count). The lowest BCUT2D eigenvalue weighted by atomic mass is 10.0. The summed E-state index contributed by atoms with van der Waals surface area (Å²) in [4.78, 5) is 27.0. The summed E-state index contributed by atoms with van der Waals surface area (Å²) in [5.74, 6) is -0.162. The number of hydrogen-bond acceptors (Lipinski definition) is 2. The number of aromatic nitrogens is 1. The molecule has 0 atom stereocenters. The SMILES string of the molecule is CCCc1cc(=O)[nH]c2cc(NC(=O)c3cccc(C)c3)ccc12. The normalized spacial score (nSPS) is 10.8. The van der Waals surface area contributed by atoms with Crippen LogP contribution in [0.1, 0.15) is 34.8 Å². The van der Waals surface area contributed by atoms with Crippen LogP contribution < -0.4 is 10.9 Å². The van der Waals surface area contributed by atoms with Crippen LogP contribution in [0.3, 0.4) is 0 Å². The summed E-state index contributed by atoms with van der Waals surface area (Å²) >= 11 is 0. The van der Waals surface area contributed by atoms with Crippen LogP contribution in [-0.2, 0) is 6.42 Å². The number of hydrogen-bond donors (Lipinski definition) is 2. The molecule has 0 spiro atoms. The van der Waals surface area contributed by atoms with E-state index in [1.54, 1.807) is 12.1 Å². The Hall–Kier alpha value is -2.88. The van der Waals surface area contributed by atoms with Crippen LogP contribution in [0.25, 0.3) is 10.9 Å². The van der Waals surface area contributed by atoms with E-state index in [4.69, 9.17) is 0 Å². The van der Waals surface area contributed by atoms with Gasteiger partial charge in [-0.05, 0) is 43.2 Å². The molecule has 0 saturated heterocycles. The first-order chi connectivity index (χ1) is 11.6. The molecule has 0 bridgehead atoms. The van der Waals surface area contributed by atoms with Crippen molar-refractivity contribution in [3.05, 3.63) is 75.6 Å². The van der Waals surface area contributed by atoms with E-state index in [0.29, 0.717) is 11.3 Å². The van der Waals surface area contributed by atoms with Crippen LogP contribution in [0.15, 0.2) is 53.3 Å². The average molecular weight is 320 g/mol. The third-order valence-electron chi connectivity index (χ3n) is 3.99. The third kappa shape index (κ3) is 3.38. The molecule has 0 aliphatic carbocycles. The van der Waals surface area contributed by atoms with Gasteiger partial charge < -0.3 is 10.3 Å². The second-order valence-electron chi connectivity index (χ2n) is 5.99.